The van der Waals surface area contributed by atoms with Gasteiger partial charge in [0.05, 0.1) is 0 Å². The molecule has 4 rings (SSSR count). The lowest BCUT2D eigenvalue weighted by Crippen LogP contribution is -2.20. The largest absolute Gasteiger partial charge is 0.422 e. The van der Waals surface area contributed by atoms with Gasteiger partial charge in [-0.1, -0.05) is 27.3 Å². The van der Waals surface area contributed by atoms with E-state index in [-0.39, 0.29) is 5.56 Å². The van der Waals surface area contributed by atoms with Crippen molar-refractivity contribution in [1.29, 1.82) is 0 Å². The molecule has 2 heterocycles. The summed E-state index contributed by atoms with van der Waals surface area (Å²) in [6.07, 6.45) is 2.23. The van der Waals surface area contributed by atoms with Crippen LogP contribution >= 0.6 is 27.3 Å². The van der Waals surface area contributed by atoms with Gasteiger partial charge >= 0.3 is 5.63 Å². The van der Waals surface area contributed by atoms with Gasteiger partial charge in [0.15, 0.2) is 0 Å². The van der Waals surface area contributed by atoms with Crippen LogP contribution in [0, 0.1) is 0 Å². The molecule has 1 aliphatic rings. The number of fused-ring (bicyclic) bond motifs is 1. The highest BCUT2D eigenvalue weighted by Crippen LogP contribution is 2.42. The van der Waals surface area contributed by atoms with Crippen LogP contribution in [0.5, 0.6) is 0 Å². The molecule has 1 aliphatic carbocycles. The quantitative estimate of drug-likeness (QED) is 0.690. The van der Waals surface area contributed by atoms with E-state index in [9.17, 15) is 9.59 Å². The predicted molar refractivity (Wildman–Crippen MR) is 90.0 cm³/mol. The van der Waals surface area contributed by atoms with Gasteiger partial charge in [-0.05, 0) is 37.1 Å². The smallest absolute Gasteiger partial charge is 0.349 e. The molecule has 0 saturated heterocycles. The first-order chi connectivity index (χ1) is 11.1. The molecule has 23 heavy (non-hydrogen) atoms. The van der Waals surface area contributed by atoms with Crippen LogP contribution < -0.4 is 10.9 Å². The minimum atomic E-state index is -0.677. The third kappa shape index (κ3) is 2.91. The molecule has 0 spiro atoms. The number of aromatic nitrogens is 2. The number of hydrogen-bond acceptors (Lipinski definition) is 6. The summed E-state index contributed by atoms with van der Waals surface area (Å²) in [6.45, 7) is 0. The Morgan fingerprint density at radius 1 is 1.30 bits per heavy atom. The Morgan fingerprint density at radius 3 is 2.91 bits per heavy atom. The molecule has 3 aromatic rings. The maximum absolute atomic E-state index is 12.3. The first kappa shape index (κ1) is 14.5. The van der Waals surface area contributed by atoms with E-state index in [1.54, 1.807) is 18.2 Å². The van der Waals surface area contributed by atoms with Crippen molar-refractivity contribution >= 4 is 49.3 Å². The van der Waals surface area contributed by atoms with Gasteiger partial charge in [0, 0.05) is 15.8 Å². The van der Waals surface area contributed by atoms with Crippen molar-refractivity contribution in [2.75, 3.05) is 5.32 Å². The number of rotatable bonds is 3. The minimum absolute atomic E-state index is 0.0567. The summed E-state index contributed by atoms with van der Waals surface area (Å²) in [5.74, 6) is -0.0691. The summed E-state index contributed by atoms with van der Waals surface area (Å²) >= 11 is 4.70. The summed E-state index contributed by atoms with van der Waals surface area (Å²) < 4.78 is 6.03. The zero-order valence-corrected chi connectivity index (χ0v) is 14.1. The average Bonchev–Trinajstić information content (AvgIpc) is 3.27. The van der Waals surface area contributed by atoms with Gasteiger partial charge in [-0.15, -0.1) is 10.2 Å². The minimum Gasteiger partial charge on any atom is -0.422 e. The molecule has 8 heteroatoms. The van der Waals surface area contributed by atoms with Gasteiger partial charge in [0.25, 0.3) is 5.91 Å². The van der Waals surface area contributed by atoms with Gasteiger partial charge in [0.2, 0.25) is 5.13 Å². The van der Waals surface area contributed by atoms with Gasteiger partial charge in [-0.25, -0.2) is 4.79 Å². The Hall–Kier alpha value is -2.06. The molecular formula is C15H10BrN3O3S. The molecule has 1 amide bonds. The van der Waals surface area contributed by atoms with Crippen molar-refractivity contribution in [3.8, 4) is 0 Å². The van der Waals surface area contributed by atoms with E-state index in [1.165, 1.54) is 17.4 Å². The van der Waals surface area contributed by atoms with Crippen molar-refractivity contribution in [2.24, 2.45) is 0 Å². The second kappa shape index (κ2) is 5.54. The summed E-state index contributed by atoms with van der Waals surface area (Å²) in [5.41, 5.74) is -0.301. The van der Waals surface area contributed by atoms with Crippen molar-refractivity contribution in [3.63, 3.8) is 0 Å². The van der Waals surface area contributed by atoms with Crippen molar-refractivity contribution < 1.29 is 9.21 Å². The number of amides is 1. The highest BCUT2D eigenvalue weighted by atomic mass is 79.9. The molecular weight excluding hydrogens is 382 g/mol. The van der Waals surface area contributed by atoms with Crippen molar-refractivity contribution in [3.05, 3.63) is 49.7 Å². The van der Waals surface area contributed by atoms with Crippen LogP contribution in [-0.2, 0) is 0 Å². The summed E-state index contributed by atoms with van der Waals surface area (Å²) in [4.78, 5) is 24.3. The van der Waals surface area contributed by atoms with Crippen LogP contribution in [0.4, 0.5) is 5.13 Å². The Balaban J connectivity index is 1.65. The lowest BCUT2D eigenvalue weighted by atomic mass is 10.2. The van der Waals surface area contributed by atoms with Crippen LogP contribution in [0.25, 0.3) is 11.0 Å². The molecule has 1 N–H and O–H groups in total. The topological polar surface area (TPSA) is 85.1 Å². The van der Waals surface area contributed by atoms with E-state index in [1.807, 2.05) is 0 Å². The number of nitrogens with zero attached hydrogens (tertiary/aromatic N) is 2. The molecule has 0 aliphatic heterocycles. The van der Waals surface area contributed by atoms with Gasteiger partial charge in [0.1, 0.15) is 16.2 Å². The molecule has 1 fully saturated rings. The maximum Gasteiger partial charge on any atom is 0.349 e. The molecule has 1 saturated carbocycles. The molecule has 6 nitrogen and oxygen atoms in total. The second-order valence-electron chi connectivity index (χ2n) is 5.30. The lowest BCUT2D eigenvalue weighted by molar-refractivity contribution is 0.102. The molecule has 1 aromatic carbocycles. The Kier molecular flexibility index (Phi) is 3.50. The first-order valence-electron chi connectivity index (χ1n) is 6.98. The van der Waals surface area contributed by atoms with E-state index in [4.69, 9.17) is 4.42 Å². The van der Waals surface area contributed by atoms with Crippen LogP contribution in [0.15, 0.2) is 37.9 Å². The highest BCUT2D eigenvalue weighted by Gasteiger charge is 2.28. The number of carbonyl (C=O) groups is 1. The Bertz CT molecular complexity index is 978. The molecule has 116 valence electrons. The third-order valence-corrected chi connectivity index (χ3v) is 5.02. The second-order valence-corrected chi connectivity index (χ2v) is 7.23. The number of nitrogens with one attached hydrogen (secondary N) is 1. The first-order valence-corrected chi connectivity index (χ1v) is 8.59. The normalized spacial score (nSPS) is 14.1. The number of benzene rings is 1. The average molecular weight is 392 g/mol. The molecule has 0 bridgehead atoms. The van der Waals surface area contributed by atoms with E-state index in [2.05, 4.69) is 31.4 Å². The fourth-order valence-electron chi connectivity index (χ4n) is 2.20. The van der Waals surface area contributed by atoms with Gasteiger partial charge in [-0.2, -0.15) is 0 Å². The van der Waals surface area contributed by atoms with Crippen molar-refractivity contribution in [1.82, 2.24) is 10.2 Å². The molecule has 2 aromatic heterocycles. The van der Waals surface area contributed by atoms with Crippen LogP contribution in [0.1, 0.15) is 34.1 Å². The van der Waals surface area contributed by atoms with E-state index < -0.39 is 11.5 Å². The fraction of sp³-hybridized carbons (Fsp3) is 0.200. The van der Waals surface area contributed by atoms with Gasteiger partial charge < -0.3 is 4.42 Å². The van der Waals surface area contributed by atoms with Crippen LogP contribution in [-0.4, -0.2) is 16.1 Å². The number of hydrogen-bond donors (Lipinski definition) is 1. The number of carbonyl (C=O) groups excluding carboxylic acids is 1. The third-order valence-electron chi connectivity index (χ3n) is 3.53. The highest BCUT2D eigenvalue weighted by molar-refractivity contribution is 9.10. The van der Waals surface area contributed by atoms with E-state index >= 15 is 0 Å². The Labute approximate surface area is 142 Å². The maximum atomic E-state index is 12.3. The summed E-state index contributed by atoms with van der Waals surface area (Å²) in [7, 11) is 0. The van der Waals surface area contributed by atoms with E-state index in [0.717, 1.165) is 22.3 Å². The van der Waals surface area contributed by atoms with Crippen LogP contribution in [0.2, 0.25) is 0 Å². The molecule has 0 atom stereocenters. The zero-order valence-electron chi connectivity index (χ0n) is 11.7. The fourth-order valence-corrected chi connectivity index (χ4v) is 3.48. The Morgan fingerprint density at radius 2 is 2.13 bits per heavy atom. The predicted octanol–water partition coefficient (Wildman–Crippen LogP) is 3.54. The zero-order chi connectivity index (χ0) is 16.0. The van der Waals surface area contributed by atoms with E-state index in [0.29, 0.717) is 22.0 Å². The summed E-state index contributed by atoms with van der Waals surface area (Å²) in [6, 6.07) is 6.75. The van der Waals surface area contributed by atoms with Crippen LogP contribution in [0.3, 0.4) is 0 Å². The van der Waals surface area contributed by atoms with Gasteiger partial charge in [-0.3, -0.25) is 10.1 Å². The monoisotopic (exact) mass is 391 g/mol. The number of halogens is 1. The molecule has 0 unspecified atom stereocenters. The number of anilines is 1. The summed E-state index contributed by atoms with van der Waals surface area (Å²) in [5, 5.41) is 12.6. The molecule has 0 radical (unpaired) electrons. The SMILES string of the molecule is O=C(Nc1nnc(C2CC2)s1)c1cc2cc(Br)ccc2oc1=O. The van der Waals surface area contributed by atoms with Crippen molar-refractivity contribution in [2.45, 2.75) is 18.8 Å². The lowest BCUT2D eigenvalue weighted by Gasteiger charge is -2.02. The standard InChI is InChI=1S/C15H10BrN3O3S/c16-9-3-4-11-8(5-9)6-10(14(21)22-11)12(20)17-15-19-18-13(23-15)7-1-2-7/h3-7H,1-2H2,(H,17,19,20).